The second kappa shape index (κ2) is 7.12. The molecule has 0 radical (unpaired) electrons. The van der Waals surface area contributed by atoms with Gasteiger partial charge in [-0.2, -0.15) is 0 Å². The van der Waals surface area contributed by atoms with E-state index >= 15 is 0 Å². The molecule has 2 aliphatic rings. The number of carbonyl (C=O) groups excluding carboxylic acids is 2. The fourth-order valence-corrected chi connectivity index (χ4v) is 4.42. The third-order valence-electron chi connectivity index (χ3n) is 5.87. The molecule has 5 rings (SSSR count). The maximum Gasteiger partial charge on any atom is 0.410 e. The molecule has 2 aliphatic heterocycles. The molecular weight excluding hydrogens is 382 g/mol. The topological polar surface area (TPSA) is 80.6 Å². The van der Waals surface area contributed by atoms with Gasteiger partial charge in [-0.25, -0.2) is 14.8 Å². The quantitative estimate of drug-likeness (QED) is 0.669. The van der Waals surface area contributed by atoms with Crippen LogP contribution in [-0.2, 0) is 11.3 Å². The van der Waals surface area contributed by atoms with Crippen LogP contribution in [0, 0.1) is 0 Å². The Labute approximate surface area is 174 Å². The van der Waals surface area contributed by atoms with Gasteiger partial charge in [0.15, 0.2) is 5.65 Å². The highest BCUT2D eigenvalue weighted by atomic mass is 16.6. The van der Waals surface area contributed by atoms with Crippen LogP contribution in [0.5, 0.6) is 0 Å². The Balaban J connectivity index is 1.36. The Kier molecular flexibility index (Phi) is 4.42. The van der Waals surface area contributed by atoms with Gasteiger partial charge in [0.1, 0.15) is 11.1 Å². The van der Waals surface area contributed by atoms with Crippen LogP contribution in [0.2, 0.25) is 0 Å². The molecular formula is C22H23N5O3. The molecule has 0 bridgehead atoms. The Bertz CT molecular complexity index is 1110. The number of piperidine rings is 1. The fourth-order valence-electron chi connectivity index (χ4n) is 4.42. The van der Waals surface area contributed by atoms with Gasteiger partial charge in [-0.1, -0.05) is 30.3 Å². The summed E-state index contributed by atoms with van der Waals surface area (Å²) in [5, 5.41) is 0. The Morgan fingerprint density at radius 2 is 2.03 bits per heavy atom. The molecule has 4 heterocycles. The van der Waals surface area contributed by atoms with Crippen LogP contribution in [-0.4, -0.2) is 68.6 Å². The van der Waals surface area contributed by atoms with Crippen molar-refractivity contribution in [1.29, 1.82) is 0 Å². The summed E-state index contributed by atoms with van der Waals surface area (Å²) in [6.45, 7) is 2.23. The lowest BCUT2D eigenvalue weighted by atomic mass is 9.92. The summed E-state index contributed by atoms with van der Waals surface area (Å²) in [6.07, 6.45) is 4.61. The van der Waals surface area contributed by atoms with E-state index in [1.54, 1.807) is 35.4 Å². The molecule has 1 atom stereocenters. The third-order valence-corrected chi connectivity index (χ3v) is 5.87. The molecule has 2 aromatic heterocycles. The first-order valence-electron chi connectivity index (χ1n) is 10.1. The molecule has 1 aromatic carbocycles. The minimum atomic E-state index is -0.603. The number of aromatic nitrogens is 3. The number of ether oxygens (including phenoxy) is 1. The fraction of sp³-hybridized carbons (Fsp3) is 0.364. The molecule has 2 amide bonds. The van der Waals surface area contributed by atoms with Crippen molar-refractivity contribution in [2.24, 2.45) is 0 Å². The number of fused-ring (bicyclic) bond motifs is 1. The van der Waals surface area contributed by atoms with Crippen molar-refractivity contribution in [3.8, 4) is 0 Å². The first kappa shape index (κ1) is 18.6. The van der Waals surface area contributed by atoms with E-state index in [1.807, 2.05) is 22.8 Å². The van der Waals surface area contributed by atoms with E-state index in [2.05, 4.69) is 22.1 Å². The van der Waals surface area contributed by atoms with E-state index in [0.717, 1.165) is 24.1 Å². The maximum absolute atomic E-state index is 13.1. The predicted octanol–water partition coefficient (Wildman–Crippen LogP) is 2.54. The van der Waals surface area contributed by atoms with Gasteiger partial charge in [0.05, 0.1) is 31.5 Å². The van der Waals surface area contributed by atoms with Gasteiger partial charge in [0.2, 0.25) is 0 Å². The number of imidazole rings is 1. The van der Waals surface area contributed by atoms with Gasteiger partial charge in [-0.3, -0.25) is 4.79 Å². The van der Waals surface area contributed by atoms with Crippen molar-refractivity contribution < 1.29 is 14.3 Å². The van der Waals surface area contributed by atoms with Crippen LogP contribution in [0.4, 0.5) is 4.79 Å². The summed E-state index contributed by atoms with van der Waals surface area (Å²) >= 11 is 0. The second-order valence-corrected chi connectivity index (χ2v) is 8.16. The molecule has 8 nitrogen and oxygen atoms in total. The summed E-state index contributed by atoms with van der Waals surface area (Å²) in [6, 6.07) is 11.9. The van der Waals surface area contributed by atoms with Gasteiger partial charge < -0.3 is 19.1 Å². The molecule has 3 aromatic rings. The minimum absolute atomic E-state index is 0.105. The third kappa shape index (κ3) is 3.28. The number of likely N-dealkylation sites (tertiary alicyclic amines) is 1. The molecule has 1 spiro atoms. The normalized spacial score (nSPS) is 21.4. The summed E-state index contributed by atoms with van der Waals surface area (Å²) < 4.78 is 7.59. The first-order valence-corrected chi connectivity index (χ1v) is 10.1. The van der Waals surface area contributed by atoms with Crippen molar-refractivity contribution in [2.75, 3.05) is 26.7 Å². The Morgan fingerprint density at radius 1 is 1.20 bits per heavy atom. The highest BCUT2D eigenvalue weighted by Crippen LogP contribution is 2.32. The average Bonchev–Trinajstić information content (AvgIpc) is 3.27. The number of benzene rings is 1. The van der Waals surface area contributed by atoms with Crippen LogP contribution in [0.25, 0.3) is 11.2 Å². The van der Waals surface area contributed by atoms with Crippen LogP contribution in [0.15, 0.2) is 48.9 Å². The highest BCUT2D eigenvalue weighted by molar-refractivity contribution is 5.96. The predicted molar refractivity (Wildman–Crippen MR) is 110 cm³/mol. The van der Waals surface area contributed by atoms with Gasteiger partial charge in [0.25, 0.3) is 5.91 Å². The van der Waals surface area contributed by atoms with Crippen LogP contribution >= 0.6 is 0 Å². The lowest BCUT2D eigenvalue weighted by Crippen LogP contribution is -2.52. The molecule has 0 aliphatic carbocycles. The second-order valence-electron chi connectivity index (χ2n) is 8.16. The summed E-state index contributed by atoms with van der Waals surface area (Å²) in [7, 11) is 1.72. The van der Waals surface area contributed by atoms with Gasteiger partial charge in [-0.05, 0) is 24.5 Å². The zero-order valence-corrected chi connectivity index (χ0v) is 16.8. The van der Waals surface area contributed by atoms with E-state index in [9.17, 15) is 9.59 Å². The molecule has 1 unspecified atom stereocenters. The van der Waals surface area contributed by atoms with Crippen molar-refractivity contribution in [1.82, 2.24) is 24.3 Å². The van der Waals surface area contributed by atoms with Gasteiger partial charge >= 0.3 is 6.09 Å². The lowest BCUT2D eigenvalue weighted by Gasteiger charge is -2.38. The smallest absolute Gasteiger partial charge is 0.410 e. The molecule has 30 heavy (non-hydrogen) atoms. The zero-order chi connectivity index (χ0) is 20.7. The van der Waals surface area contributed by atoms with Crippen LogP contribution in [0.3, 0.4) is 0 Å². The van der Waals surface area contributed by atoms with E-state index < -0.39 is 5.60 Å². The first-order chi connectivity index (χ1) is 14.5. The number of pyridine rings is 1. The number of hydrogen-bond acceptors (Lipinski definition) is 5. The minimum Gasteiger partial charge on any atom is -0.439 e. The molecule has 2 fully saturated rings. The number of rotatable bonds is 3. The zero-order valence-electron chi connectivity index (χ0n) is 16.8. The van der Waals surface area contributed by atoms with E-state index in [4.69, 9.17) is 4.74 Å². The van der Waals surface area contributed by atoms with Crippen molar-refractivity contribution in [3.05, 3.63) is 60.0 Å². The summed E-state index contributed by atoms with van der Waals surface area (Å²) in [4.78, 5) is 37.3. The molecule has 154 valence electrons. The van der Waals surface area contributed by atoms with Gasteiger partial charge in [-0.15, -0.1) is 0 Å². The van der Waals surface area contributed by atoms with Crippen molar-refractivity contribution in [2.45, 2.75) is 25.0 Å². The molecule has 0 saturated carbocycles. The largest absolute Gasteiger partial charge is 0.439 e. The van der Waals surface area contributed by atoms with Crippen LogP contribution < -0.4 is 0 Å². The summed E-state index contributed by atoms with van der Waals surface area (Å²) in [5.74, 6) is -0.105. The monoisotopic (exact) mass is 405 g/mol. The van der Waals surface area contributed by atoms with Crippen LogP contribution in [0.1, 0.15) is 28.8 Å². The highest BCUT2D eigenvalue weighted by Gasteiger charge is 2.47. The van der Waals surface area contributed by atoms with E-state index in [-0.39, 0.29) is 12.0 Å². The lowest BCUT2D eigenvalue weighted by molar-refractivity contribution is -0.00522. The number of carbonyl (C=O) groups is 2. The molecule has 2 saturated heterocycles. The van der Waals surface area contributed by atoms with E-state index in [1.165, 1.54) is 0 Å². The number of hydrogen-bond donors (Lipinski definition) is 0. The van der Waals surface area contributed by atoms with Crippen molar-refractivity contribution in [3.63, 3.8) is 0 Å². The number of amides is 2. The molecule has 8 heteroatoms. The average molecular weight is 405 g/mol. The molecule has 0 N–H and O–H groups in total. The standard InChI is InChI=1S/C22H23N5O3/c1-25-13-22(30-21(25)29)8-5-9-26(14-22)20(28)17-10-18-19(23-11-17)27(15-24-18)12-16-6-3-2-4-7-16/h2-4,6-7,10-11,15H,5,8-9,12-14H2,1H3. The Hall–Kier alpha value is -3.42. The number of likely N-dealkylation sites (N-methyl/N-ethyl adjacent to an activating group) is 1. The Morgan fingerprint density at radius 3 is 2.80 bits per heavy atom. The van der Waals surface area contributed by atoms with Gasteiger partial charge in [0, 0.05) is 19.8 Å². The SMILES string of the molecule is CN1CC2(CCCN(C(=O)c3cnc4c(c3)ncn4Cc3ccccc3)C2)OC1=O. The maximum atomic E-state index is 13.1. The van der Waals surface area contributed by atoms with E-state index in [0.29, 0.717) is 37.3 Å². The number of nitrogens with zero attached hydrogens (tertiary/aromatic N) is 5. The van der Waals surface area contributed by atoms with Crippen molar-refractivity contribution >= 4 is 23.2 Å². The summed E-state index contributed by atoms with van der Waals surface area (Å²) in [5.41, 5.74) is 2.50.